The molecule has 1 N–H and O–H groups in total. The molecular formula is C15H19NO4. The van der Waals surface area contributed by atoms with Gasteiger partial charge in [0.05, 0.1) is 11.0 Å². The van der Waals surface area contributed by atoms with Crippen LogP contribution in [0.2, 0.25) is 0 Å². The Hall–Kier alpha value is -1.62. The van der Waals surface area contributed by atoms with Crippen molar-refractivity contribution in [3.05, 3.63) is 33.9 Å². The maximum atomic E-state index is 11.1. The van der Waals surface area contributed by atoms with E-state index in [9.17, 15) is 15.2 Å². The normalized spacial score (nSPS) is 27.3. The van der Waals surface area contributed by atoms with Gasteiger partial charge in [0.25, 0.3) is 0 Å². The molecule has 2 unspecified atom stereocenters. The van der Waals surface area contributed by atoms with Crippen molar-refractivity contribution in [2.75, 3.05) is 0 Å². The van der Waals surface area contributed by atoms with Gasteiger partial charge in [-0.1, -0.05) is 25.0 Å². The lowest BCUT2D eigenvalue weighted by molar-refractivity contribution is -0.386. The highest BCUT2D eigenvalue weighted by molar-refractivity contribution is 5.51. The summed E-state index contributed by atoms with van der Waals surface area (Å²) in [5.74, 6) is 0.362. The van der Waals surface area contributed by atoms with Crippen molar-refractivity contribution in [3.8, 4) is 5.75 Å². The van der Waals surface area contributed by atoms with Crippen LogP contribution < -0.4 is 4.74 Å². The Balaban J connectivity index is 1.87. The van der Waals surface area contributed by atoms with E-state index >= 15 is 0 Å². The molecule has 5 heteroatoms. The fraction of sp³-hybridized carbons (Fsp3) is 0.600. The molecule has 0 bridgehead atoms. The number of benzene rings is 1. The molecule has 20 heavy (non-hydrogen) atoms. The smallest absolute Gasteiger partial charge is 0.311 e. The minimum Gasteiger partial charge on any atom is -0.483 e. The summed E-state index contributed by atoms with van der Waals surface area (Å²) in [5.41, 5.74) is 0.615. The van der Waals surface area contributed by atoms with Gasteiger partial charge in [-0.05, 0) is 25.3 Å². The molecule has 2 aliphatic rings. The Labute approximate surface area is 117 Å². The number of aliphatic hydroxyl groups excluding tert-OH is 1. The molecule has 5 nitrogen and oxygen atoms in total. The summed E-state index contributed by atoms with van der Waals surface area (Å²) in [6, 6.07) is 4.96. The Kier molecular flexibility index (Phi) is 3.17. The van der Waals surface area contributed by atoms with Crippen LogP contribution in [0.15, 0.2) is 18.2 Å². The predicted molar refractivity (Wildman–Crippen MR) is 73.8 cm³/mol. The van der Waals surface area contributed by atoms with E-state index in [1.165, 1.54) is 6.07 Å². The molecule has 0 aromatic heterocycles. The second-order valence-corrected chi connectivity index (χ2v) is 5.98. The number of nitro groups is 1. The number of aliphatic hydroxyl groups is 1. The van der Waals surface area contributed by atoms with Gasteiger partial charge >= 0.3 is 5.69 Å². The maximum Gasteiger partial charge on any atom is 0.311 e. The van der Waals surface area contributed by atoms with Crippen molar-refractivity contribution in [3.63, 3.8) is 0 Å². The first-order valence-electron chi connectivity index (χ1n) is 7.13. The molecule has 108 valence electrons. The lowest BCUT2D eigenvalue weighted by atomic mass is 9.62. The first kappa shape index (κ1) is 13.4. The van der Waals surface area contributed by atoms with Crippen LogP contribution in [-0.2, 0) is 0 Å². The molecule has 0 radical (unpaired) electrons. The fourth-order valence-electron chi connectivity index (χ4n) is 3.66. The van der Waals surface area contributed by atoms with Crippen LogP contribution in [0, 0.1) is 22.5 Å². The van der Waals surface area contributed by atoms with Crippen molar-refractivity contribution in [2.45, 2.75) is 51.2 Å². The van der Waals surface area contributed by atoms with Crippen LogP contribution >= 0.6 is 0 Å². The molecule has 0 amide bonds. The minimum atomic E-state index is -0.404. The lowest BCUT2D eigenvalue weighted by Crippen LogP contribution is -2.58. The molecule has 0 aliphatic heterocycles. The molecule has 0 heterocycles. The SMILES string of the molecule is Cc1cccc([N+](=O)[O-])c1OC1CC(O)C12CCCC2. The highest BCUT2D eigenvalue weighted by Gasteiger charge is 2.57. The van der Waals surface area contributed by atoms with Crippen LogP contribution in [0.25, 0.3) is 0 Å². The highest BCUT2D eigenvalue weighted by Crippen LogP contribution is 2.55. The van der Waals surface area contributed by atoms with Gasteiger partial charge < -0.3 is 9.84 Å². The van der Waals surface area contributed by atoms with Gasteiger partial charge in [-0.3, -0.25) is 10.1 Å². The number of hydrogen-bond donors (Lipinski definition) is 1. The van der Waals surface area contributed by atoms with Crippen molar-refractivity contribution in [1.29, 1.82) is 0 Å². The number of nitro benzene ring substituents is 1. The topological polar surface area (TPSA) is 72.6 Å². The van der Waals surface area contributed by atoms with Gasteiger partial charge in [0.2, 0.25) is 0 Å². The number of para-hydroxylation sites is 1. The van der Waals surface area contributed by atoms with Crippen LogP contribution in [0.3, 0.4) is 0 Å². The molecule has 1 spiro atoms. The van der Waals surface area contributed by atoms with E-state index in [1.54, 1.807) is 6.07 Å². The second kappa shape index (κ2) is 4.74. The summed E-state index contributed by atoms with van der Waals surface area (Å²) in [5, 5.41) is 21.2. The summed E-state index contributed by atoms with van der Waals surface area (Å²) >= 11 is 0. The quantitative estimate of drug-likeness (QED) is 0.681. The van der Waals surface area contributed by atoms with Gasteiger partial charge in [0.1, 0.15) is 6.10 Å². The molecule has 2 aliphatic carbocycles. The summed E-state index contributed by atoms with van der Waals surface area (Å²) in [6.45, 7) is 1.82. The third-order valence-electron chi connectivity index (χ3n) is 4.92. The Bertz CT molecular complexity index is 537. The molecule has 0 saturated heterocycles. The molecule has 2 saturated carbocycles. The number of ether oxygens (including phenoxy) is 1. The number of rotatable bonds is 3. The van der Waals surface area contributed by atoms with Crippen molar-refractivity contribution >= 4 is 5.69 Å². The highest BCUT2D eigenvalue weighted by atomic mass is 16.6. The van der Waals surface area contributed by atoms with Crippen molar-refractivity contribution in [2.24, 2.45) is 5.41 Å². The average molecular weight is 277 g/mol. The van der Waals surface area contributed by atoms with Crippen LogP contribution in [0.5, 0.6) is 5.75 Å². The summed E-state index contributed by atoms with van der Waals surface area (Å²) < 4.78 is 5.98. The molecule has 2 fully saturated rings. The Morgan fingerprint density at radius 2 is 2.10 bits per heavy atom. The molecule has 1 aromatic rings. The van der Waals surface area contributed by atoms with E-state index < -0.39 is 4.92 Å². The van der Waals surface area contributed by atoms with Crippen LogP contribution in [0.4, 0.5) is 5.69 Å². The zero-order valence-electron chi connectivity index (χ0n) is 11.5. The average Bonchev–Trinajstić information content (AvgIpc) is 2.92. The molecule has 2 atom stereocenters. The van der Waals surface area contributed by atoms with E-state index in [1.807, 2.05) is 13.0 Å². The molecular weight excluding hydrogens is 258 g/mol. The van der Waals surface area contributed by atoms with E-state index in [0.717, 1.165) is 31.2 Å². The van der Waals surface area contributed by atoms with Gasteiger partial charge in [-0.25, -0.2) is 0 Å². The third-order valence-corrected chi connectivity index (χ3v) is 4.92. The standard InChI is InChI=1S/C15H19NO4/c1-10-5-4-6-11(16(18)19)14(10)20-13-9-12(17)15(13)7-2-3-8-15/h4-6,12-13,17H,2-3,7-9H2,1H3. The zero-order valence-corrected chi connectivity index (χ0v) is 11.5. The van der Waals surface area contributed by atoms with Gasteiger partial charge in [0, 0.05) is 17.9 Å². The number of nitrogens with zero attached hydrogens (tertiary/aromatic N) is 1. The summed E-state index contributed by atoms with van der Waals surface area (Å²) in [4.78, 5) is 10.7. The van der Waals surface area contributed by atoms with Crippen LogP contribution in [-0.4, -0.2) is 22.2 Å². The minimum absolute atomic E-state index is 0.0135. The Morgan fingerprint density at radius 3 is 2.70 bits per heavy atom. The van der Waals surface area contributed by atoms with Gasteiger partial charge in [0.15, 0.2) is 5.75 Å². The second-order valence-electron chi connectivity index (χ2n) is 5.98. The molecule has 3 rings (SSSR count). The Morgan fingerprint density at radius 1 is 1.40 bits per heavy atom. The fourth-order valence-corrected chi connectivity index (χ4v) is 3.66. The van der Waals surface area contributed by atoms with E-state index in [2.05, 4.69) is 0 Å². The monoisotopic (exact) mass is 277 g/mol. The molecule has 1 aromatic carbocycles. The first-order chi connectivity index (χ1) is 9.54. The van der Waals surface area contributed by atoms with E-state index in [4.69, 9.17) is 4.74 Å². The summed E-state index contributed by atoms with van der Waals surface area (Å²) in [7, 11) is 0. The summed E-state index contributed by atoms with van der Waals surface area (Å²) in [6.07, 6.45) is 4.28. The zero-order chi connectivity index (χ0) is 14.3. The van der Waals surface area contributed by atoms with E-state index in [0.29, 0.717) is 12.2 Å². The first-order valence-corrected chi connectivity index (χ1v) is 7.13. The largest absolute Gasteiger partial charge is 0.483 e. The van der Waals surface area contributed by atoms with Crippen molar-refractivity contribution < 1.29 is 14.8 Å². The van der Waals surface area contributed by atoms with E-state index in [-0.39, 0.29) is 23.3 Å². The maximum absolute atomic E-state index is 11.1. The van der Waals surface area contributed by atoms with Gasteiger partial charge in [-0.2, -0.15) is 0 Å². The number of aryl methyl sites for hydroxylation is 1. The predicted octanol–water partition coefficient (Wildman–Crippen LogP) is 2.98. The van der Waals surface area contributed by atoms with Crippen LogP contribution in [0.1, 0.15) is 37.7 Å². The third kappa shape index (κ3) is 1.88. The van der Waals surface area contributed by atoms with Gasteiger partial charge in [-0.15, -0.1) is 0 Å². The lowest BCUT2D eigenvalue weighted by Gasteiger charge is -2.51. The number of hydrogen-bond acceptors (Lipinski definition) is 4. The van der Waals surface area contributed by atoms with Crippen molar-refractivity contribution in [1.82, 2.24) is 0 Å².